The van der Waals surface area contributed by atoms with Gasteiger partial charge in [-0.3, -0.25) is 9.78 Å². The third kappa shape index (κ3) is 4.05. The highest BCUT2D eigenvalue weighted by Gasteiger charge is 2.14. The monoisotopic (exact) mass is 396 g/mol. The molecule has 2 heterocycles. The number of carboxylic acid groups (broad SMARTS) is 1. The van der Waals surface area contributed by atoms with Crippen LogP contribution in [-0.2, 0) is 11.3 Å². The summed E-state index contributed by atoms with van der Waals surface area (Å²) in [5, 5.41) is 9.78. The minimum atomic E-state index is -0.998. The fourth-order valence-electron chi connectivity index (χ4n) is 3.42. The van der Waals surface area contributed by atoms with Crippen molar-refractivity contribution in [3.8, 4) is 0 Å². The van der Waals surface area contributed by atoms with Gasteiger partial charge in [-0.05, 0) is 36.8 Å². The van der Waals surface area contributed by atoms with E-state index in [1.165, 1.54) is 0 Å². The first-order chi connectivity index (χ1) is 14.5. The van der Waals surface area contributed by atoms with Crippen LogP contribution in [0.4, 0.5) is 0 Å². The first-order valence-electron chi connectivity index (χ1n) is 9.56. The number of para-hydroxylation sites is 1. The van der Waals surface area contributed by atoms with E-state index in [-0.39, 0.29) is 5.78 Å². The number of benzene rings is 2. The van der Waals surface area contributed by atoms with E-state index < -0.39 is 5.97 Å². The van der Waals surface area contributed by atoms with Crippen LogP contribution in [0.15, 0.2) is 79.1 Å². The van der Waals surface area contributed by atoms with Gasteiger partial charge in [-0.25, -0.2) is 4.79 Å². The van der Waals surface area contributed by atoms with Gasteiger partial charge in [-0.1, -0.05) is 48.0 Å². The van der Waals surface area contributed by atoms with E-state index in [4.69, 9.17) is 5.11 Å². The minimum absolute atomic E-state index is 0.0187. The average Bonchev–Trinajstić information content (AvgIpc) is 3.20. The van der Waals surface area contributed by atoms with Crippen molar-refractivity contribution in [2.24, 2.45) is 0 Å². The summed E-state index contributed by atoms with van der Waals surface area (Å²) in [7, 11) is 0. The first-order valence-corrected chi connectivity index (χ1v) is 9.56. The van der Waals surface area contributed by atoms with Crippen LogP contribution in [0.1, 0.15) is 32.7 Å². The van der Waals surface area contributed by atoms with E-state index in [1.54, 1.807) is 12.3 Å². The lowest BCUT2D eigenvalue weighted by atomic mass is 10.1. The normalized spacial score (nSPS) is 11.2. The lowest BCUT2D eigenvalue weighted by molar-refractivity contribution is -0.131. The number of carbonyl (C=O) groups excluding carboxylic acids is 1. The van der Waals surface area contributed by atoms with Crippen LogP contribution in [-0.4, -0.2) is 26.4 Å². The van der Waals surface area contributed by atoms with Crippen molar-refractivity contribution in [2.45, 2.75) is 13.5 Å². The van der Waals surface area contributed by atoms with Gasteiger partial charge in [0.2, 0.25) is 5.78 Å². The summed E-state index contributed by atoms with van der Waals surface area (Å²) in [6, 6.07) is 18.9. The average molecular weight is 396 g/mol. The molecule has 0 atom stereocenters. The molecule has 0 amide bonds. The van der Waals surface area contributed by atoms with Gasteiger partial charge in [0.1, 0.15) is 0 Å². The van der Waals surface area contributed by atoms with Crippen LogP contribution in [0.2, 0.25) is 0 Å². The molecule has 0 saturated carbocycles. The minimum Gasteiger partial charge on any atom is -0.478 e. The van der Waals surface area contributed by atoms with Crippen LogP contribution in [0, 0.1) is 6.92 Å². The number of aromatic nitrogens is 2. The van der Waals surface area contributed by atoms with Crippen LogP contribution in [0.3, 0.4) is 0 Å². The summed E-state index contributed by atoms with van der Waals surface area (Å²) in [6.07, 6.45) is 6.30. The summed E-state index contributed by atoms with van der Waals surface area (Å²) >= 11 is 0. The molecule has 0 aliphatic heterocycles. The zero-order valence-electron chi connectivity index (χ0n) is 16.4. The zero-order valence-corrected chi connectivity index (χ0v) is 16.4. The van der Waals surface area contributed by atoms with Gasteiger partial charge in [0.05, 0.1) is 11.2 Å². The third-order valence-electron chi connectivity index (χ3n) is 4.93. The first kappa shape index (κ1) is 19.3. The Hall–Kier alpha value is -3.99. The van der Waals surface area contributed by atoms with Crippen molar-refractivity contribution < 1.29 is 14.7 Å². The summed E-state index contributed by atoms with van der Waals surface area (Å²) in [5.74, 6) is -1.02. The molecular weight excluding hydrogens is 376 g/mol. The molecule has 0 bridgehead atoms. The maximum absolute atomic E-state index is 12.9. The fourth-order valence-corrected chi connectivity index (χ4v) is 3.42. The lowest BCUT2D eigenvalue weighted by Crippen LogP contribution is -2.10. The second kappa shape index (κ2) is 8.17. The van der Waals surface area contributed by atoms with E-state index in [9.17, 15) is 9.59 Å². The number of pyridine rings is 1. The second-order valence-electron chi connectivity index (χ2n) is 7.15. The third-order valence-corrected chi connectivity index (χ3v) is 4.93. The van der Waals surface area contributed by atoms with Crippen molar-refractivity contribution in [3.05, 3.63) is 107 Å². The summed E-state index contributed by atoms with van der Waals surface area (Å²) in [5.41, 5.74) is 4.83. The standard InChI is InChI=1S/C25H20N2O3/c1-17-7-9-20(10-8-17)25(30)22-6-3-13-27(22)16-18-14-21-5-2-4-19(11-12-23(28)29)24(21)26-15-18/h2-15H,16H2,1H3,(H,28,29). The molecule has 4 aromatic rings. The van der Waals surface area contributed by atoms with Gasteiger partial charge in [0.15, 0.2) is 0 Å². The number of nitrogens with zero attached hydrogens (tertiary/aromatic N) is 2. The molecule has 0 aliphatic carbocycles. The van der Waals surface area contributed by atoms with Crippen molar-refractivity contribution in [2.75, 3.05) is 0 Å². The van der Waals surface area contributed by atoms with Gasteiger partial charge >= 0.3 is 5.97 Å². The molecule has 4 rings (SSSR count). The maximum Gasteiger partial charge on any atom is 0.328 e. The molecule has 30 heavy (non-hydrogen) atoms. The number of fused-ring (bicyclic) bond motifs is 1. The molecule has 0 unspecified atom stereocenters. The highest BCUT2D eigenvalue weighted by molar-refractivity contribution is 6.08. The molecule has 2 aromatic heterocycles. The number of aryl methyl sites for hydroxylation is 1. The molecule has 5 heteroatoms. The Morgan fingerprint density at radius 1 is 1.07 bits per heavy atom. The number of aliphatic carboxylic acids is 1. The van der Waals surface area contributed by atoms with Crippen molar-refractivity contribution in [1.29, 1.82) is 0 Å². The largest absolute Gasteiger partial charge is 0.478 e. The van der Waals surface area contributed by atoms with Gasteiger partial charge in [-0.2, -0.15) is 0 Å². The smallest absolute Gasteiger partial charge is 0.328 e. The van der Waals surface area contributed by atoms with E-state index in [0.717, 1.165) is 33.7 Å². The number of hydrogen-bond acceptors (Lipinski definition) is 3. The van der Waals surface area contributed by atoms with Gasteiger partial charge in [0.25, 0.3) is 0 Å². The number of hydrogen-bond donors (Lipinski definition) is 1. The molecule has 0 fully saturated rings. The SMILES string of the molecule is Cc1ccc(C(=O)c2cccn2Cc2cnc3c(C=CC(=O)O)cccc3c2)cc1. The predicted molar refractivity (Wildman–Crippen MR) is 117 cm³/mol. The van der Waals surface area contributed by atoms with E-state index in [2.05, 4.69) is 4.98 Å². The molecule has 2 aromatic carbocycles. The van der Waals surface area contributed by atoms with E-state index >= 15 is 0 Å². The number of ketones is 1. The van der Waals surface area contributed by atoms with Crippen LogP contribution >= 0.6 is 0 Å². The lowest BCUT2D eigenvalue weighted by Gasteiger charge is -2.10. The quantitative estimate of drug-likeness (QED) is 0.378. The fraction of sp³-hybridized carbons (Fsp3) is 0.0800. The van der Waals surface area contributed by atoms with Crippen LogP contribution < -0.4 is 0 Å². The molecule has 5 nitrogen and oxygen atoms in total. The Labute approximate surface area is 173 Å². The predicted octanol–water partition coefficient (Wildman–Crippen LogP) is 4.72. The highest BCUT2D eigenvalue weighted by Crippen LogP contribution is 2.20. The van der Waals surface area contributed by atoms with Gasteiger partial charge < -0.3 is 9.67 Å². The number of carboxylic acids is 1. The molecule has 0 aliphatic rings. The van der Waals surface area contributed by atoms with Gasteiger partial charge in [-0.15, -0.1) is 0 Å². The maximum atomic E-state index is 12.9. The highest BCUT2D eigenvalue weighted by atomic mass is 16.4. The van der Waals surface area contributed by atoms with E-state index in [1.807, 2.05) is 78.4 Å². The Morgan fingerprint density at radius 2 is 1.87 bits per heavy atom. The molecule has 1 N–H and O–H groups in total. The topological polar surface area (TPSA) is 72.2 Å². The summed E-state index contributed by atoms with van der Waals surface area (Å²) in [6.45, 7) is 2.50. The van der Waals surface area contributed by atoms with Crippen molar-refractivity contribution in [1.82, 2.24) is 9.55 Å². The zero-order chi connectivity index (χ0) is 21.1. The molecule has 0 radical (unpaired) electrons. The molecule has 148 valence electrons. The number of carbonyl (C=O) groups is 2. The van der Waals surface area contributed by atoms with Crippen molar-refractivity contribution >= 4 is 28.7 Å². The Kier molecular flexibility index (Phi) is 5.26. The van der Waals surface area contributed by atoms with Crippen molar-refractivity contribution in [3.63, 3.8) is 0 Å². The molecule has 0 saturated heterocycles. The Morgan fingerprint density at radius 3 is 2.63 bits per heavy atom. The molecule has 0 spiro atoms. The number of rotatable bonds is 6. The van der Waals surface area contributed by atoms with Crippen LogP contribution in [0.25, 0.3) is 17.0 Å². The summed E-state index contributed by atoms with van der Waals surface area (Å²) < 4.78 is 1.92. The Balaban J connectivity index is 1.63. The van der Waals surface area contributed by atoms with E-state index in [0.29, 0.717) is 17.8 Å². The Bertz CT molecular complexity index is 1270. The van der Waals surface area contributed by atoms with Gasteiger partial charge in [0, 0.05) is 41.5 Å². The molecular formula is C25H20N2O3. The summed E-state index contributed by atoms with van der Waals surface area (Å²) in [4.78, 5) is 28.3. The van der Waals surface area contributed by atoms with Crippen LogP contribution in [0.5, 0.6) is 0 Å². The second-order valence-corrected chi connectivity index (χ2v) is 7.15.